The minimum absolute atomic E-state index is 0.0498. The third kappa shape index (κ3) is 16.5. The number of hydrogen-bond acceptors (Lipinski definition) is 17. The number of hydrogen-bond donors (Lipinski definition) is 4. The zero-order valence-electron chi connectivity index (χ0n) is 54.5. The summed E-state index contributed by atoms with van der Waals surface area (Å²) in [5.41, 5.74) is 7.15. The van der Waals surface area contributed by atoms with Gasteiger partial charge in [-0.2, -0.15) is 35.3 Å². The molecule has 0 bridgehead atoms. The molecule has 97 heavy (non-hydrogen) atoms. The van der Waals surface area contributed by atoms with Crippen LogP contribution in [-0.2, 0) is 60.7 Å². The third-order valence-electron chi connectivity index (χ3n) is 17.7. The van der Waals surface area contributed by atoms with E-state index in [1.165, 1.54) is 8.61 Å². The zero-order chi connectivity index (χ0) is 69.1. The van der Waals surface area contributed by atoms with Gasteiger partial charge in [-0.15, -0.1) is 0 Å². The summed E-state index contributed by atoms with van der Waals surface area (Å²) in [6.07, 6.45) is -3.02. The summed E-state index contributed by atoms with van der Waals surface area (Å²) in [6.45, 7) is 11.9. The van der Waals surface area contributed by atoms with Crippen LogP contribution in [0.25, 0.3) is 32.8 Å². The molecule has 4 aliphatic heterocycles. The number of para-hydroxylation sites is 1. The van der Waals surface area contributed by atoms with Crippen molar-refractivity contribution in [2.24, 2.45) is 7.05 Å². The maximum atomic E-state index is 13.7. The number of aryl methyl sites for hydroxylation is 3. The van der Waals surface area contributed by atoms with Crippen LogP contribution in [0.4, 0.5) is 24.5 Å². The summed E-state index contributed by atoms with van der Waals surface area (Å²) in [5, 5.41) is 31.7. The van der Waals surface area contributed by atoms with E-state index < -0.39 is 58.0 Å². The molecule has 0 aliphatic carbocycles. The molecule has 518 valence electrons. The van der Waals surface area contributed by atoms with Crippen molar-refractivity contribution in [1.29, 1.82) is 0 Å². The number of nitrogens with one attached hydrogen (secondary N) is 2. The average molecular weight is 1360 g/mol. The van der Waals surface area contributed by atoms with Crippen molar-refractivity contribution >= 4 is 78.8 Å². The standard InChI is InChI=1S/C66H79N11O12S.C2HF3O2/c1-45-59(56(71(4)69-45)44-89-48-23-21-47(22-24-48)74-34-36-75(37-35-74)90(84,85)70(2)3)52-16-8-15-50-51(18-10-40-88-57-20-7-13-46-12-5-6-14-49(46)57)62(66(82)83)76(61(50)52)38-33-73-31-29-72(30-32-73)28-11-39-86-42-43-87-41-27-67-54-19-9-17-53-60(54)65(81)77(64(53)80)55-25-26-58(78)68-63(55)79;3-2(4,5)1(6)7/h5-9,12-17,19-24,55,67H,10-11,18,25-44H2,1-4H3,(H,82,83)(H,68,78,79);(H,6,7). The SMILES string of the molecule is Cc1nn(C)c(COc2ccc(N3CCN(S(=O)(=O)N(C)C)CC3)cc2)c1-c1cccc2c(CCCOc3cccc4ccccc34)c(C(=O)O)n(CCN3CCN(CCCOCCOCCNc4cccc5c4C(=O)N(C4CCC(=O)NC4=O)C5=O)CC3)c12.O=C(O)C(F)(F)F. The fourth-order valence-electron chi connectivity index (χ4n) is 12.8. The average Bonchev–Trinajstić information content (AvgIpc) is 1.60. The first-order chi connectivity index (χ1) is 46.5. The van der Waals surface area contributed by atoms with Gasteiger partial charge in [0.05, 0.1) is 54.5 Å². The van der Waals surface area contributed by atoms with Crippen LogP contribution < -0.4 is 25.0 Å². The van der Waals surface area contributed by atoms with Crippen LogP contribution in [0.2, 0.25) is 0 Å². The lowest BCUT2D eigenvalue weighted by Crippen LogP contribution is -2.54. The maximum Gasteiger partial charge on any atom is 0.490 e. The molecule has 5 aromatic carbocycles. The molecule has 3 fully saturated rings. The van der Waals surface area contributed by atoms with Gasteiger partial charge < -0.3 is 48.8 Å². The van der Waals surface area contributed by atoms with Crippen LogP contribution in [-0.4, -0.2) is 223 Å². The van der Waals surface area contributed by atoms with Gasteiger partial charge in [0.2, 0.25) is 11.8 Å². The normalized spacial score (nSPS) is 16.6. The highest BCUT2D eigenvalue weighted by atomic mass is 32.2. The second kappa shape index (κ2) is 31.5. The second-order valence-electron chi connectivity index (χ2n) is 24.1. The number of piperidine rings is 1. The number of aromatic carboxylic acids is 1. The lowest BCUT2D eigenvalue weighted by molar-refractivity contribution is -0.192. The first-order valence-electron chi connectivity index (χ1n) is 32.2. The van der Waals surface area contributed by atoms with Gasteiger partial charge in [0.15, 0.2) is 0 Å². The number of imide groups is 2. The maximum absolute atomic E-state index is 13.7. The number of piperazine rings is 2. The molecule has 11 rings (SSSR count). The molecule has 4 aliphatic rings. The van der Waals surface area contributed by atoms with Crippen LogP contribution in [0, 0.1) is 6.92 Å². The number of aliphatic carboxylic acids is 1. The Morgan fingerprint density at radius 3 is 2.06 bits per heavy atom. The largest absolute Gasteiger partial charge is 0.493 e. The number of rotatable bonds is 28. The van der Waals surface area contributed by atoms with Crippen LogP contribution in [0.15, 0.2) is 103 Å². The minimum atomic E-state index is -5.08. The van der Waals surface area contributed by atoms with Crippen molar-refractivity contribution in [1.82, 2.24) is 43.0 Å². The Bertz CT molecular complexity index is 4120. The highest BCUT2D eigenvalue weighted by molar-refractivity contribution is 7.86. The van der Waals surface area contributed by atoms with Crippen LogP contribution in [0.3, 0.4) is 0 Å². The van der Waals surface area contributed by atoms with Crippen LogP contribution in [0.5, 0.6) is 11.5 Å². The number of ether oxygens (including phenoxy) is 4. The van der Waals surface area contributed by atoms with E-state index in [2.05, 4.69) is 43.5 Å². The quantitative estimate of drug-likeness (QED) is 0.0286. The number of carbonyl (C=O) groups excluding carboxylic acids is 4. The van der Waals surface area contributed by atoms with E-state index in [1.54, 1.807) is 32.3 Å². The molecule has 7 aromatic rings. The van der Waals surface area contributed by atoms with E-state index in [0.29, 0.717) is 103 Å². The van der Waals surface area contributed by atoms with Gasteiger partial charge in [-0.3, -0.25) is 39.0 Å². The summed E-state index contributed by atoms with van der Waals surface area (Å²) < 4.78 is 88.5. The fourth-order valence-corrected chi connectivity index (χ4v) is 13.9. The van der Waals surface area contributed by atoms with Crippen molar-refractivity contribution < 1.29 is 79.5 Å². The number of carboxylic acids is 2. The summed E-state index contributed by atoms with van der Waals surface area (Å²) in [5.74, 6) is -4.49. The molecule has 6 heterocycles. The van der Waals surface area contributed by atoms with E-state index in [9.17, 15) is 50.7 Å². The molecule has 1 atom stereocenters. The van der Waals surface area contributed by atoms with Gasteiger partial charge in [-0.05, 0) is 86.0 Å². The zero-order valence-corrected chi connectivity index (χ0v) is 55.3. The number of amides is 4. The van der Waals surface area contributed by atoms with Crippen molar-refractivity contribution in [2.45, 2.75) is 64.4 Å². The summed E-state index contributed by atoms with van der Waals surface area (Å²) in [6, 6.07) is 32.0. The highest BCUT2D eigenvalue weighted by Crippen LogP contribution is 2.40. The Morgan fingerprint density at radius 2 is 1.37 bits per heavy atom. The van der Waals surface area contributed by atoms with Gasteiger partial charge >= 0.3 is 18.1 Å². The smallest absolute Gasteiger partial charge is 0.490 e. The molecule has 2 aromatic heterocycles. The number of fused-ring (bicyclic) bond motifs is 3. The first-order valence-corrected chi connectivity index (χ1v) is 33.6. The number of benzene rings is 5. The van der Waals surface area contributed by atoms with Crippen molar-refractivity contribution in [3.63, 3.8) is 0 Å². The Labute approximate surface area is 559 Å². The number of carboxylic acid groups (broad SMARTS) is 2. The molecule has 4 amide bonds. The molecule has 1 unspecified atom stereocenters. The molecule has 0 saturated carbocycles. The lowest BCUT2D eigenvalue weighted by atomic mass is 9.98. The van der Waals surface area contributed by atoms with Gasteiger partial charge in [0.1, 0.15) is 29.8 Å². The first kappa shape index (κ1) is 70.8. The van der Waals surface area contributed by atoms with E-state index in [0.717, 1.165) is 105 Å². The highest BCUT2D eigenvalue weighted by Gasteiger charge is 2.46. The molecule has 29 heteroatoms. The summed E-state index contributed by atoms with van der Waals surface area (Å²) >= 11 is 0. The monoisotopic (exact) mass is 1360 g/mol. The second-order valence-corrected chi connectivity index (χ2v) is 26.2. The van der Waals surface area contributed by atoms with E-state index in [-0.39, 0.29) is 36.3 Å². The molecule has 4 N–H and O–H groups in total. The Hall–Kier alpha value is -8.97. The molecule has 0 radical (unpaired) electrons. The number of nitrogens with zero attached hydrogens (tertiary/aromatic N) is 9. The molecule has 0 spiro atoms. The van der Waals surface area contributed by atoms with Gasteiger partial charge in [-0.1, -0.05) is 60.7 Å². The number of aromatic nitrogens is 3. The van der Waals surface area contributed by atoms with Crippen LogP contribution in [0.1, 0.15) is 73.8 Å². The number of anilines is 2. The number of carbonyl (C=O) groups is 6. The number of alkyl halides is 3. The van der Waals surface area contributed by atoms with E-state index in [4.69, 9.17) is 33.9 Å². The summed E-state index contributed by atoms with van der Waals surface area (Å²) in [4.78, 5) is 81.4. The van der Waals surface area contributed by atoms with Crippen molar-refractivity contribution in [3.05, 3.63) is 137 Å². The van der Waals surface area contributed by atoms with Gasteiger partial charge in [-0.25, -0.2) is 9.59 Å². The predicted molar refractivity (Wildman–Crippen MR) is 355 cm³/mol. The van der Waals surface area contributed by atoms with Crippen molar-refractivity contribution in [2.75, 3.05) is 129 Å². The molecular formula is C68H80F3N11O14S. The predicted octanol–water partition coefficient (Wildman–Crippen LogP) is 6.91. The number of halogens is 3. The third-order valence-corrected chi connectivity index (χ3v) is 19.6. The topological polar surface area (TPSA) is 280 Å². The summed E-state index contributed by atoms with van der Waals surface area (Å²) in [7, 11) is 1.52. The van der Waals surface area contributed by atoms with Crippen molar-refractivity contribution in [3.8, 4) is 22.6 Å². The fraction of sp³-hybridized carbons (Fsp3) is 0.426. The molecule has 25 nitrogen and oxygen atoms in total. The minimum Gasteiger partial charge on any atom is -0.493 e. The Kier molecular flexibility index (Phi) is 23.0. The van der Waals surface area contributed by atoms with E-state index >= 15 is 0 Å². The molecular weight excluding hydrogens is 1280 g/mol. The lowest BCUT2D eigenvalue weighted by Gasteiger charge is -2.36. The Balaban J connectivity index is 0.00000138. The van der Waals surface area contributed by atoms with Crippen LogP contribution >= 0.6 is 0 Å². The Morgan fingerprint density at radius 1 is 0.722 bits per heavy atom. The van der Waals surface area contributed by atoms with Gasteiger partial charge in [0, 0.05) is 146 Å². The van der Waals surface area contributed by atoms with Gasteiger partial charge in [0.25, 0.3) is 22.0 Å². The van der Waals surface area contributed by atoms with E-state index in [1.807, 2.05) is 90.0 Å². The molecule has 3 saturated heterocycles.